The van der Waals surface area contributed by atoms with Crippen LogP contribution < -0.4 is 10.6 Å². The predicted octanol–water partition coefficient (Wildman–Crippen LogP) is 3.37. The number of hydrogen-bond donors (Lipinski definition) is 1. The van der Waals surface area contributed by atoms with E-state index in [0.29, 0.717) is 12.0 Å². The molecule has 110 valence electrons. The van der Waals surface area contributed by atoms with Gasteiger partial charge in [0.1, 0.15) is 5.82 Å². The third-order valence-electron chi connectivity index (χ3n) is 5.12. The van der Waals surface area contributed by atoms with Crippen molar-refractivity contribution in [2.45, 2.75) is 44.6 Å². The summed E-state index contributed by atoms with van der Waals surface area (Å²) < 4.78 is 0. The van der Waals surface area contributed by atoms with Crippen LogP contribution in [0.1, 0.15) is 38.5 Å². The van der Waals surface area contributed by atoms with Gasteiger partial charge in [-0.25, -0.2) is 4.98 Å². The average molecular weight is 282 g/mol. The maximum absolute atomic E-state index is 5.94. The number of benzene rings is 1. The summed E-state index contributed by atoms with van der Waals surface area (Å²) in [6.45, 7) is 1.10. The van der Waals surface area contributed by atoms with Gasteiger partial charge in [-0.3, -0.25) is 0 Å². The van der Waals surface area contributed by atoms with Crippen molar-refractivity contribution in [1.82, 2.24) is 9.97 Å². The van der Waals surface area contributed by atoms with Gasteiger partial charge in [-0.15, -0.1) is 0 Å². The van der Waals surface area contributed by atoms with Crippen LogP contribution in [0.15, 0.2) is 24.3 Å². The molecule has 1 unspecified atom stereocenters. The van der Waals surface area contributed by atoms with Gasteiger partial charge in [-0.05, 0) is 43.7 Å². The molecule has 1 aliphatic heterocycles. The molecule has 1 saturated carbocycles. The van der Waals surface area contributed by atoms with E-state index in [1.54, 1.807) is 0 Å². The van der Waals surface area contributed by atoms with Crippen molar-refractivity contribution in [3.05, 3.63) is 24.3 Å². The van der Waals surface area contributed by atoms with Gasteiger partial charge >= 0.3 is 0 Å². The third-order valence-corrected chi connectivity index (χ3v) is 5.12. The standard InChI is InChI=1S/C17H22N4/c18-17-19-14-9-4-3-8-13(14)16(20-17)21-11-5-10-15(21)12-6-1-2-7-12/h3-4,8-9,12,15H,1-2,5-7,10-11H2,(H2,18,19,20). The summed E-state index contributed by atoms with van der Waals surface area (Å²) in [7, 11) is 0. The predicted molar refractivity (Wildman–Crippen MR) is 86.3 cm³/mol. The Labute approximate surface area is 125 Å². The van der Waals surface area contributed by atoms with E-state index >= 15 is 0 Å². The van der Waals surface area contributed by atoms with E-state index in [2.05, 4.69) is 27.0 Å². The van der Waals surface area contributed by atoms with Gasteiger partial charge in [0.2, 0.25) is 5.95 Å². The second-order valence-corrected chi connectivity index (χ2v) is 6.37. The first-order valence-electron chi connectivity index (χ1n) is 8.12. The molecule has 2 heterocycles. The molecule has 0 amide bonds. The highest BCUT2D eigenvalue weighted by Gasteiger charge is 2.34. The van der Waals surface area contributed by atoms with Crippen LogP contribution in [0.3, 0.4) is 0 Å². The fourth-order valence-corrected chi connectivity index (χ4v) is 4.18. The lowest BCUT2D eigenvalue weighted by Gasteiger charge is -2.31. The lowest BCUT2D eigenvalue weighted by Crippen LogP contribution is -2.35. The highest BCUT2D eigenvalue weighted by Crippen LogP contribution is 2.39. The Kier molecular flexibility index (Phi) is 3.17. The van der Waals surface area contributed by atoms with Crippen molar-refractivity contribution in [3.63, 3.8) is 0 Å². The van der Waals surface area contributed by atoms with Crippen molar-refractivity contribution in [3.8, 4) is 0 Å². The van der Waals surface area contributed by atoms with Crippen molar-refractivity contribution in [1.29, 1.82) is 0 Å². The van der Waals surface area contributed by atoms with Crippen LogP contribution in [0.2, 0.25) is 0 Å². The Balaban J connectivity index is 1.77. The highest BCUT2D eigenvalue weighted by atomic mass is 15.3. The molecule has 1 aromatic heterocycles. The molecule has 1 atom stereocenters. The molecular formula is C17H22N4. The number of nitrogens with two attached hydrogens (primary N) is 1. The van der Waals surface area contributed by atoms with Gasteiger partial charge in [0.15, 0.2) is 0 Å². The number of aromatic nitrogens is 2. The van der Waals surface area contributed by atoms with Gasteiger partial charge in [0, 0.05) is 18.0 Å². The lowest BCUT2D eigenvalue weighted by molar-refractivity contribution is 0.430. The molecule has 2 fully saturated rings. The van der Waals surface area contributed by atoms with Gasteiger partial charge in [-0.2, -0.15) is 4.98 Å². The smallest absolute Gasteiger partial charge is 0.222 e. The summed E-state index contributed by atoms with van der Waals surface area (Å²) in [6.07, 6.45) is 8.09. The Hall–Kier alpha value is -1.84. The van der Waals surface area contributed by atoms with Crippen LogP contribution in [-0.4, -0.2) is 22.6 Å². The molecule has 4 heteroatoms. The van der Waals surface area contributed by atoms with Crippen molar-refractivity contribution in [2.24, 2.45) is 5.92 Å². The molecule has 21 heavy (non-hydrogen) atoms. The van der Waals surface area contributed by atoms with Gasteiger partial charge in [0.25, 0.3) is 0 Å². The normalized spacial score (nSPS) is 23.2. The topological polar surface area (TPSA) is 55.0 Å². The van der Waals surface area contributed by atoms with Crippen molar-refractivity contribution < 1.29 is 0 Å². The lowest BCUT2D eigenvalue weighted by atomic mass is 9.96. The summed E-state index contributed by atoms with van der Waals surface area (Å²) in [5.41, 5.74) is 6.90. The van der Waals surface area contributed by atoms with Crippen LogP contribution in [0.4, 0.5) is 11.8 Å². The average Bonchev–Trinajstić information content (AvgIpc) is 3.17. The Morgan fingerprint density at radius 2 is 1.81 bits per heavy atom. The second-order valence-electron chi connectivity index (χ2n) is 6.37. The molecule has 1 aromatic carbocycles. The monoisotopic (exact) mass is 282 g/mol. The summed E-state index contributed by atoms with van der Waals surface area (Å²) >= 11 is 0. The van der Waals surface area contributed by atoms with Gasteiger partial charge < -0.3 is 10.6 Å². The molecule has 2 aromatic rings. The maximum atomic E-state index is 5.94. The molecular weight excluding hydrogens is 260 g/mol. The van der Waals surface area contributed by atoms with E-state index in [9.17, 15) is 0 Å². The number of fused-ring (bicyclic) bond motifs is 1. The molecule has 1 saturated heterocycles. The molecule has 0 bridgehead atoms. The van der Waals surface area contributed by atoms with Crippen LogP contribution >= 0.6 is 0 Å². The molecule has 0 spiro atoms. The molecule has 2 N–H and O–H groups in total. The fraction of sp³-hybridized carbons (Fsp3) is 0.529. The van der Waals surface area contributed by atoms with E-state index in [0.717, 1.165) is 29.2 Å². The molecule has 2 aliphatic rings. The number of nitrogen functional groups attached to an aromatic ring is 1. The first kappa shape index (κ1) is 12.9. The molecule has 4 nitrogen and oxygen atoms in total. The summed E-state index contributed by atoms with van der Waals surface area (Å²) in [5.74, 6) is 2.27. The van der Waals surface area contributed by atoms with E-state index in [1.165, 1.54) is 38.5 Å². The summed E-state index contributed by atoms with van der Waals surface area (Å²) in [4.78, 5) is 11.5. The third kappa shape index (κ3) is 2.23. The van der Waals surface area contributed by atoms with Gasteiger partial charge in [0.05, 0.1) is 5.52 Å². The van der Waals surface area contributed by atoms with Crippen molar-refractivity contribution >= 4 is 22.7 Å². The van der Waals surface area contributed by atoms with Crippen LogP contribution in [0, 0.1) is 5.92 Å². The molecule has 1 aliphatic carbocycles. The zero-order valence-electron chi connectivity index (χ0n) is 12.3. The number of rotatable bonds is 2. The van der Waals surface area contributed by atoms with E-state index < -0.39 is 0 Å². The highest BCUT2D eigenvalue weighted by molar-refractivity contribution is 5.90. The largest absolute Gasteiger partial charge is 0.368 e. The van der Waals surface area contributed by atoms with Crippen LogP contribution in [0.25, 0.3) is 10.9 Å². The quantitative estimate of drug-likeness (QED) is 0.917. The SMILES string of the molecule is Nc1nc(N2CCCC2C2CCCC2)c2ccccc2n1. The minimum atomic E-state index is 0.390. The number of hydrogen-bond acceptors (Lipinski definition) is 4. The maximum Gasteiger partial charge on any atom is 0.222 e. The molecule has 0 radical (unpaired) electrons. The summed E-state index contributed by atoms with van der Waals surface area (Å²) in [6, 6.07) is 8.86. The Bertz CT molecular complexity index is 648. The van der Waals surface area contributed by atoms with E-state index in [1.807, 2.05) is 12.1 Å². The minimum absolute atomic E-state index is 0.390. The minimum Gasteiger partial charge on any atom is -0.368 e. The van der Waals surface area contributed by atoms with E-state index in [-0.39, 0.29) is 0 Å². The number of para-hydroxylation sites is 1. The van der Waals surface area contributed by atoms with Crippen molar-refractivity contribution in [2.75, 3.05) is 17.2 Å². The number of nitrogens with zero attached hydrogens (tertiary/aromatic N) is 3. The summed E-state index contributed by atoms with van der Waals surface area (Å²) in [5, 5.41) is 1.14. The zero-order valence-corrected chi connectivity index (χ0v) is 12.3. The number of anilines is 2. The van der Waals surface area contributed by atoms with Gasteiger partial charge in [-0.1, -0.05) is 25.0 Å². The Morgan fingerprint density at radius 1 is 1.00 bits per heavy atom. The van der Waals surface area contributed by atoms with Crippen LogP contribution in [-0.2, 0) is 0 Å². The zero-order chi connectivity index (χ0) is 14.2. The van der Waals surface area contributed by atoms with Crippen LogP contribution in [0.5, 0.6) is 0 Å². The van der Waals surface area contributed by atoms with E-state index in [4.69, 9.17) is 5.73 Å². The first-order valence-corrected chi connectivity index (χ1v) is 8.12. The fourth-order valence-electron chi connectivity index (χ4n) is 4.18. The second kappa shape index (κ2) is 5.17. The molecule has 4 rings (SSSR count). The Morgan fingerprint density at radius 3 is 2.67 bits per heavy atom. The first-order chi connectivity index (χ1) is 10.3.